The fourth-order valence-electron chi connectivity index (χ4n) is 4.80. The van der Waals surface area contributed by atoms with E-state index >= 15 is 0 Å². The lowest BCUT2D eigenvalue weighted by atomic mass is 9.96. The number of ether oxygens (including phenoxy) is 2. The maximum absolute atomic E-state index is 13.3. The van der Waals surface area contributed by atoms with Crippen molar-refractivity contribution in [3.05, 3.63) is 17.3 Å². The zero-order valence-corrected chi connectivity index (χ0v) is 20.6. The molecule has 3 aliphatic rings. The number of alkyl halides is 3. The molecule has 2 amide bonds. The molecule has 36 heavy (non-hydrogen) atoms. The summed E-state index contributed by atoms with van der Waals surface area (Å²) in [5.41, 5.74) is 4.49. The van der Waals surface area contributed by atoms with E-state index in [9.17, 15) is 22.8 Å². The third-order valence-corrected chi connectivity index (χ3v) is 6.72. The van der Waals surface area contributed by atoms with E-state index in [0.717, 1.165) is 12.2 Å². The second kappa shape index (κ2) is 11.4. The molecule has 2 saturated heterocycles. The summed E-state index contributed by atoms with van der Waals surface area (Å²) < 4.78 is 51.1. The fourth-order valence-corrected chi connectivity index (χ4v) is 4.95. The maximum Gasteiger partial charge on any atom is 0.402 e. The average molecular weight is 535 g/mol. The molecule has 200 valence electrons. The van der Waals surface area contributed by atoms with Crippen molar-refractivity contribution in [2.24, 2.45) is 5.92 Å². The minimum Gasteiger partial charge on any atom is -0.490 e. The Morgan fingerprint density at radius 1 is 1.42 bits per heavy atom. The van der Waals surface area contributed by atoms with Gasteiger partial charge in [0.05, 0.1) is 37.3 Å². The first-order valence-corrected chi connectivity index (χ1v) is 12.3. The predicted octanol–water partition coefficient (Wildman–Crippen LogP) is 1.10. The number of halogens is 4. The molecule has 14 heteroatoms. The summed E-state index contributed by atoms with van der Waals surface area (Å²) in [5.74, 6) is -1.93. The largest absolute Gasteiger partial charge is 0.490 e. The lowest BCUT2D eigenvalue weighted by molar-refractivity contribution is -0.193. The van der Waals surface area contributed by atoms with Crippen molar-refractivity contribution in [2.75, 3.05) is 50.9 Å². The lowest BCUT2D eigenvalue weighted by Gasteiger charge is -2.41. The quantitative estimate of drug-likeness (QED) is 0.447. The number of hydrogen-bond donors (Lipinski definition) is 3. The first-order chi connectivity index (χ1) is 17.1. The molecule has 3 N–H and O–H groups in total. The summed E-state index contributed by atoms with van der Waals surface area (Å²) in [6.07, 6.45) is -2.17. The molecule has 0 aliphatic carbocycles. The number of anilines is 1. The Kier molecular flexibility index (Phi) is 8.43. The highest BCUT2D eigenvalue weighted by molar-refractivity contribution is 6.30. The highest BCUT2D eigenvalue weighted by Crippen LogP contribution is 2.34. The second-order valence-electron chi connectivity index (χ2n) is 9.19. The van der Waals surface area contributed by atoms with Crippen molar-refractivity contribution in [1.82, 2.24) is 26.1 Å². The minimum atomic E-state index is -4.66. The predicted molar refractivity (Wildman–Crippen MR) is 125 cm³/mol. The number of rotatable bonds is 7. The number of hydrogen-bond acceptors (Lipinski definition) is 8. The summed E-state index contributed by atoms with van der Waals surface area (Å²) in [6, 6.07) is 0.262. The van der Waals surface area contributed by atoms with Crippen molar-refractivity contribution < 1.29 is 32.2 Å². The van der Waals surface area contributed by atoms with E-state index in [1.54, 1.807) is 24.1 Å². The number of pyridine rings is 1. The van der Waals surface area contributed by atoms with Crippen molar-refractivity contribution in [1.29, 1.82) is 0 Å². The Hall–Kier alpha value is -2.35. The number of fused-ring (bicyclic) bond motifs is 3. The molecule has 0 bridgehead atoms. The van der Waals surface area contributed by atoms with Gasteiger partial charge in [0.2, 0.25) is 11.8 Å². The molecule has 4 rings (SSSR count). The van der Waals surface area contributed by atoms with Crippen LogP contribution in [-0.2, 0) is 14.3 Å². The molecule has 2 fully saturated rings. The third-order valence-electron chi connectivity index (χ3n) is 6.51. The van der Waals surface area contributed by atoms with Crippen LogP contribution >= 0.6 is 11.6 Å². The number of carbonyl (C=O) groups is 2. The number of piperazine rings is 1. The maximum atomic E-state index is 13.3. The summed E-state index contributed by atoms with van der Waals surface area (Å²) in [6.45, 7) is 4.05. The van der Waals surface area contributed by atoms with Gasteiger partial charge in [-0.2, -0.15) is 13.2 Å². The van der Waals surface area contributed by atoms with Gasteiger partial charge in [-0.05, 0) is 6.92 Å². The molecule has 0 aromatic carbocycles. The van der Waals surface area contributed by atoms with Gasteiger partial charge in [-0.1, -0.05) is 11.6 Å². The molecule has 3 aliphatic heterocycles. The Balaban J connectivity index is 1.21. The summed E-state index contributed by atoms with van der Waals surface area (Å²) >= 11 is 6.04. The molecule has 2 unspecified atom stereocenters. The van der Waals surface area contributed by atoms with Crippen LogP contribution in [0.15, 0.2) is 12.3 Å². The number of aromatic nitrogens is 1. The standard InChI is InChI=1S/C22H30ClF3N6O4/c1-13(29-16-10-28-30-21(34)19(16)22(24,25)26)12-35-6-3-18(33)31-4-5-32-15(11-31)2-7-36-17-8-14(23)9-27-20(17)32/h8-9,13,15-16,19,28-29H,2-7,10-12H2,1H3,(H,30,34)/t13-,15+,16?,19?/m0/s1. The van der Waals surface area contributed by atoms with E-state index in [1.807, 2.05) is 5.43 Å². The van der Waals surface area contributed by atoms with Crippen molar-refractivity contribution in [2.45, 2.75) is 44.1 Å². The van der Waals surface area contributed by atoms with Crippen LogP contribution in [0.5, 0.6) is 5.75 Å². The summed E-state index contributed by atoms with van der Waals surface area (Å²) in [5, 5.41) is 3.32. The molecular formula is C22H30ClF3N6O4. The fraction of sp³-hybridized carbons (Fsp3) is 0.682. The van der Waals surface area contributed by atoms with Crippen LogP contribution in [0.1, 0.15) is 19.8 Å². The highest BCUT2D eigenvalue weighted by atomic mass is 35.5. The van der Waals surface area contributed by atoms with Gasteiger partial charge in [0.15, 0.2) is 17.5 Å². The Bertz CT molecular complexity index is 955. The van der Waals surface area contributed by atoms with Gasteiger partial charge in [-0.25, -0.2) is 10.4 Å². The first-order valence-electron chi connectivity index (χ1n) is 11.9. The van der Waals surface area contributed by atoms with Crippen LogP contribution in [-0.4, -0.2) is 92.0 Å². The zero-order valence-electron chi connectivity index (χ0n) is 19.8. The molecule has 1 aromatic heterocycles. The van der Waals surface area contributed by atoms with E-state index in [0.29, 0.717) is 37.0 Å². The minimum absolute atomic E-state index is 0.0463. The van der Waals surface area contributed by atoms with E-state index in [4.69, 9.17) is 21.1 Å². The van der Waals surface area contributed by atoms with Crippen molar-refractivity contribution in [3.63, 3.8) is 0 Å². The first kappa shape index (κ1) is 26.7. The van der Waals surface area contributed by atoms with Crippen molar-refractivity contribution >= 4 is 29.2 Å². The van der Waals surface area contributed by atoms with Crippen LogP contribution in [0.4, 0.5) is 19.0 Å². The third kappa shape index (κ3) is 6.31. The molecule has 4 heterocycles. The monoisotopic (exact) mass is 534 g/mol. The SMILES string of the molecule is C[C@@H](COCCC(=O)N1CCN2c3ncc(Cl)cc3OCC[C@@H]2C1)NC1CNNC(=O)C1C(F)(F)F. The number of nitrogens with one attached hydrogen (secondary N) is 3. The van der Waals surface area contributed by atoms with Gasteiger partial charge >= 0.3 is 6.18 Å². The van der Waals surface area contributed by atoms with Crippen LogP contribution in [0, 0.1) is 5.92 Å². The molecule has 1 aromatic rings. The van der Waals surface area contributed by atoms with Crippen LogP contribution in [0.25, 0.3) is 0 Å². The Labute approximate surface area is 211 Å². The second-order valence-corrected chi connectivity index (χ2v) is 9.62. The topological polar surface area (TPSA) is 108 Å². The van der Waals surface area contributed by atoms with Gasteiger partial charge < -0.3 is 24.6 Å². The number of carbonyl (C=O) groups excluding carboxylic acids is 2. The number of amides is 2. The van der Waals surface area contributed by atoms with Gasteiger partial charge in [-0.15, -0.1) is 0 Å². The lowest BCUT2D eigenvalue weighted by Crippen LogP contribution is -2.64. The normalized spacial score (nSPS) is 25.2. The van der Waals surface area contributed by atoms with E-state index in [-0.39, 0.29) is 38.1 Å². The summed E-state index contributed by atoms with van der Waals surface area (Å²) in [7, 11) is 0. The molecule has 10 nitrogen and oxygen atoms in total. The Morgan fingerprint density at radius 3 is 3.00 bits per heavy atom. The zero-order chi connectivity index (χ0) is 25.9. The molecule has 0 spiro atoms. The average Bonchev–Trinajstić information content (AvgIpc) is 2.99. The van der Waals surface area contributed by atoms with Gasteiger partial charge in [0.1, 0.15) is 0 Å². The van der Waals surface area contributed by atoms with Gasteiger partial charge in [-0.3, -0.25) is 15.0 Å². The summed E-state index contributed by atoms with van der Waals surface area (Å²) in [4.78, 5) is 32.8. The molecule has 4 atom stereocenters. The van der Waals surface area contributed by atoms with E-state index in [1.165, 1.54) is 0 Å². The highest BCUT2D eigenvalue weighted by Gasteiger charge is 2.51. The van der Waals surface area contributed by atoms with Crippen LogP contribution < -0.4 is 25.8 Å². The van der Waals surface area contributed by atoms with Crippen LogP contribution in [0.3, 0.4) is 0 Å². The molecule has 0 saturated carbocycles. The Morgan fingerprint density at radius 2 is 2.22 bits per heavy atom. The van der Waals surface area contributed by atoms with Crippen molar-refractivity contribution in [3.8, 4) is 5.75 Å². The smallest absolute Gasteiger partial charge is 0.402 e. The van der Waals surface area contributed by atoms with Gasteiger partial charge in [0, 0.05) is 56.9 Å². The number of nitrogens with zero attached hydrogens (tertiary/aromatic N) is 3. The van der Waals surface area contributed by atoms with Gasteiger partial charge in [0.25, 0.3) is 0 Å². The molecular weight excluding hydrogens is 505 g/mol. The van der Waals surface area contributed by atoms with E-state index < -0.39 is 30.1 Å². The molecule has 0 radical (unpaired) electrons. The number of hydrazine groups is 1. The van der Waals surface area contributed by atoms with Crippen LogP contribution in [0.2, 0.25) is 5.02 Å². The van der Waals surface area contributed by atoms with E-state index in [2.05, 4.69) is 20.6 Å².